The zero-order valence-corrected chi connectivity index (χ0v) is 45.1. The fourth-order valence-corrected chi connectivity index (χ4v) is 11.7. The molecule has 1 saturated heterocycles. The van der Waals surface area contributed by atoms with E-state index in [0.717, 1.165) is 20.8 Å². The number of ether oxygens (including phenoxy) is 8. The largest absolute Gasteiger partial charge is 0.510 e. The molecule has 3 aliphatic carbocycles. The van der Waals surface area contributed by atoms with Crippen molar-refractivity contribution < 1.29 is 96.4 Å². The van der Waals surface area contributed by atoms with E-state index in [1.807, 2.05) is 0 Å². The standard InChI is InChI=1S/C58H60N2O21/c1-31-40(28-58(70)49(79-52(67)38-21-15-10-16-22-38)47-56(7,41(63)27-42-57(47,30-74-42)80-33(3)62)48(64)45(75-32(2)61)43(31)55(58,5)6)77-53(68)46(44(36-17-11-8-12-18-36)59-50(65)37-19-13-9-14-20-37)78-51(66)39-25-23-35(24-26-39)29-73-54(69)76-34(4)81-60(71)72/h8-26,34,40-42,44-47,49,63,70H,27-30H2,1-7H3,(H,59,65)/t34?,40-,41-,42+,44-,45+,46+,47?,49-,56+,57-,58+/m0/s1. The number of ketones is 1. The first-order valence-electron chi connectivity index (χ1n) is 25.8. The average Bonchev–Trinajstić information content (AvgIpc) is 3.53. The fourth-order valence-electron chi connectivity index (χ4n) is 11.7. The number of nitrogens with zero attached hydrogens (tertiary/aromatic N) is 1. The molecular weight excluding hydrogens is 1060 g/mol. The number of amides is 1. The van der Waals surface area contributed by atoms with Crippen LogP contribution in [0.1, 0.15) is 110 Å². The van der Waals surface area contributed by atoms with E-state index < -0.39 is 143 Å². The summed E-state index contributed by atoms with van der Waals surface area (Å²) in [5.74, 6) is -8.56. The molecule has 1 heterocycles. The summed E-state index contributed by atoms with van der Waals surface area (Å²) in [6.07, 6.45) is -14.2. The molecule has 12 atom stereocenters. The van der Waals surface area contributed by atoms with Gasteiger partial charge in [-0.25, -0.2) is 19.2 Å². The Hall–Kier alpha value is -8.54. The van der Waals surface area contributed by atoms with Crippen molar-refractivity contribution in [2.24, 2.45) is 16.7 Å². The number of benzene rings is 4. The summed E-state index contributed by atoms with van der Waals surface area (Å²) in [4.78, 5) is 128. The van der Waals surface area contributed by atoms with Gasteiger partial charge in [-0.1, -0.05) is 92.7 Å². The van der Waals surface area contributed by atoms with Gasteiger partial charge in [0.25, 0.3) is 11.0 Å². The van der Waals surface area contributed by atoms with E-state index in [4.69, 9.17) is 33.2 Å². The van der Waals surface area contributed by atoms with Crippen molar-refractivity contribution in [3.8, 4) is 0 Å². The molecule has 23 heteroatoms. The maximum absolute atomic E-state index is 15.8. The van der Waals surface area contributed by atoms with Crippen molar-refractivity contribution in [2.75, 3.05) is 6.61 Å². The quantitative estimate of drug-likeness (QED) is 0.0280. The maximum atomic E-state index is 15.8. The Labute approximate surface area is 463 Å². The molecule has 4 aromatic carbocycles. The zero-order chi connectivity index (χ0) is 58.8. The number of rotatable bonds is 17. The number of nitrogens with one attached hydrogen (secondary N) is 1. The molecule has 3 fully saturated rings. The van der Waals surface area contributed by atoms with Crippen LogP contribution in [0.15, 0.2) is 126 Å². The highest BCUT2D eigenvalue weighted by Gasteiger charge is 2.78. The Morgan fingerprint density at radius 3 is 1.95 bits per heavy atom. The molecule has 1 aliphatic heterocycles. The van der Waals surface area contributed by atoms with Crippen molar-refractivity contribution in [3.05, 3.63) is 164 Å². The summed E-state index contributed by atoms with van der Waals surface area (Å²) in [6, 6.07) is 27.3. The molecule has 0 radical (unpaired) electrons. The summed E-state index contributed by atoms with van der Waals surface area (Å²) in [6.45, 7) is 8.30. The lowest BCUT2D eigenvalue weighted by atomic mass is 9.44. The number of carbonyl (C=O) groups excluding carboxylic acids is 8. The van der Waals surface area contributed by atoms with E-state index >= 15 is 9.59 Å². The first-order valence-corrected chi connectivity index (χ1v) is 25.8. The van der Waals surface area contributed by atoms with Crippen LogP contribution in [0, 0.1) is 26.9 Å². The van der Waals surface area contributed by atoms with Crippen LogP contribution in [0.25, 0.3) is 0 Å². The zero-order valence-electron chi connectivity index (χ0n) is 45.1. The Morgan fingerprint density at radius 2 is 1.38 bits per heavy atom. The van der Waals surface area contributed by atoms with Crippen LogP contribution in [-0.4, -0.2) is 124 Å². The van der Waals surface area contributed by atoms with Gasteiger partial charge >= 0.3 is 36.0 Å². The van der Waals surface area contributed by atoms with Crippen molar-refractivity contribution in [2.45, 2.75) is 128 Å². The van der Waals surface area contributed by atoms with Crippen LogP contribution in [0.3, 0.4) is 0 Å². The van der Waals surface area contributed by atoms with Gasteiger partial charge in [0, 0.05) is 37.7 Å². The Morgan fingerprint density at radius 1 is 0.790 bits per heavy atom. The van der Waals surface area contributed by atoms with Crippen LogP contribution < -0.4 is 5.32 Å². The molecule has 2 saturated carbocycles. The van der Waals surface area contributed by atoms with Crippen molar-refractivity contribution >= 4 is 47.7 Å². The maximum Gasteiger partial charge on any atom is 0.510 e. The summed E-state index contributed by atoms with van der Waals surface area (Å²) in [5.41, 5.74) is -7.85. The third kappa shape index (κ3) is 11.5. The van der Waals surface area contributed by atoms with Gasteiger partial charge in [0.2, 0.25) is 12.4 Å². The van der Waals surface area contributed by atoms with Crippen molar-refractivity contribution in [3.63, 3.8) is 0 Å². The topological polar surface area (TPSA) is 315 Å². The monoisotopic (exact) mass is 1120 g/mol. The Kier molecular flexibility index (Phi) is 16.8. The molecule has 4 aliphatic rings. The molecule has 4 aromatic rings. The predicted octanol–water partition coefficient (Wildman–Crippen LogP) is 5.81. The minimum Gasteiger partial charge on any atom is -0.455 e. The lowest BCUT2D eigenvalue weighted by molar-refractivity contribution is -0.777. The highest BCUT2D eigenvalue weighted by molar-refractivity contribution is 5.97. The first-order chi connectivity index (χ1) is 38.3. The summed E-state index contributed by atoms with van der Waals surface area (Å²) in [5, 5.41) is 38.6. The molecule has 0 aromatic heterocycles. The van der Waals surface area contributed by atoms with Gasteiger partial charge in [-0.2, -0.15) is 0 Å². The van der Waals surface area contributed by atoms with Gasteiger partial charge in [0.1, 0.15) is 36.6 Å². The minimum absolute atomic E-state index is 0.00580. The normalized spacial score (nSPS) is 27.2. The van der Waals surface area contributed by atoms with Gasteiger partial charge in [-0.3, -0.25) is 24.0 Å². The number of carbonyl (C=O) groups is 8. The second-order valence-electron chi connectivity index (χ2n) is 21.0. The van der Waals surface area contributed by atoms with E-state index in [-0.39, 0.29) is 46.4 Å². The SMILES string of the molecule is CC(=O)O[C@H]1C(=O)[C@@]2(C)C([C@H](OC(=O)c3ccccc3)[C@]3(O)C[C@H](OC(=O)[C@H](OC(=O)c4ccc(COC(=O)OC(C)O[N+](=O)[O-])cc4)[C@@H](NC(=O)c4ccccc4)c4ccccc4)C(C)=C1C3(C)C)[C@]1(OC(C)=O)CO[C@@H]1C[C@@H]2O. The van der Waals surface area contributed by atoms with E-state index in [0.29, 0.717) is 5.56 Å². The van der Waals surface area contributed by atoms with Crippen LogP contribution in [0.2, 0.25) is 0 Å². The van der Waals surface area contributed by atoms with Gasteiger partial charge in [0.15, 0.2) is 17.5 Å². The summed E-state index contributed by atoms with van der Waals surface area (Å²) < 4.78 is 46.7. The smallest absolute Gasteiger partial charge is 0.455 e. The number of esters is 5. The Bertz CT molecular complexity index is 3120. The molecule has 2 unspecified atom stereocenters. The minimum atomic E-state index is -2.54. The molecule has 23 nitrogen and oxygen atoms in total. The van der Waals surface area contributed by atoms with Crippen molar-refractivity contribution in [1.29, 1.82) is 0 Å². The fraction of sp³-hybridized carbons (Fsp3) is 0.414. The predicted molar refractivity (Wildman–Crippen MR) is 276 cm³/mol. The number of hydrogen-bond donors (Lipinski definition) is 3. The summed E-state index contributed by atoms with van der Waals surface area (Å²) >= 11 is 0. The van der Waals surface area contributed by atoms with Gasteiger partial charge in [-0.05, 0) is 79.4 Å². The van der Waals surface area contributed by atoms with E-state index in [2.05, 4.69) is 14.9 Å². The number of fused-ring (bicyclic) bond motifs is 5. The van der Waals surface area contributed by atoms with Crippen molar-refractivity contribution in [1.82, 2.24) is 5.32 Å². The molecule has 3 N–H and O–H groups in total. The molecule has 2 bridgehead atoms. The number of aliphatic hydroxyl groups excluding tert-OH is 1. The second kappa shape index (κ2) is 23.3. The van der Waals surface area contributed by atoms with E-state index in [9.17, 15) is 49.1 Å². The van der Waals surface area contributed by atoms with E-state index in [1.54, 1.807) is 66.7 Å². The number of aliphatic hydroxyl groups is 2. The van der Waals surface area contributed by atoms with Crippen LogP contribution in [0.5, 0.6) is 0 Å². The second-order valence-corrected chi connectivity index (χ2v) is 21.0. The third-order valence-electron chi connectivity index (χ3n) is 15.7. The molecule has 81 heavy (non-hydrogen) atoms. The van der Waals surface area contributed by atoms with Gasteiger partial charge in [0.05, 0.1) is 35.2 Å². The lowest BCUT2D eigenvalue weighted by Gasteiger charge is -2.67. The van der Waals surface area contributed by atoms with Crippen LogP contribution in [-0.2, 0) is 68.5 Å². The van der Waals surface area contributed by atoms with Crippen LogP contribution in [0.4, 0.5) is 4.79 Å². The molecule has 1 amide bonds. The molecule has 8 rings (SSSR count). The molecule has 0 spiro atoms. The summed E-state index contributed by atoms with van der Waals surface area (Å²) in [7, 11) is 0. The molecule has 428 valence electrons. The van der Waals surface area contributed by atoms with E-state index in [1.165, 1.54) is 76.2 Å². The number of hydrogen-bond acceptors (Lipinski definition) is 21. The average molecular weight is 1120 g/mol. The Balaban J connectivity index is 1.24. The highest BCUT2D eigenvalue weighted by Crippen LogP contribution is 2.64. The first kappa shape index (κ1) is 58.6. The lowest BCUT2D eigenvalue weighted by Crippen LogP contribution is -2.82. The third-order valence-corrected chi connectivity index (χ3v) is 15.7. The molecular formula is C58H60N2O21. The highest BCUT2D eigenvalue weighted by atomic mass is 17.0. The number of Topliss-reactive ketones (excluding diaryl/α,β-unsaturated/α-hetero) is 1. The van der Waals surface area contributed by atoms with Gasteiger partial charge < -0.3 is 53.4 Å². The van der Waals surface area contributed by atoms with Gasteiger partial charge in [-0.15, -0.1) is 10.1 Å². The van der Waals surface area contributed by atoms with Crippen LogP contribution >= 0.6 is 0 Å².